The molecule has 0 spiro atoms. The molecule has 1 aromatic carbocycles. The number of carbonyl (C=O) groups is 1. The highest BCUT2D eigenvalue weighted by Gasteiger charge is 2.42. The van der Waals surface area contributed by atoms with E-state index in [1.165, 1.54) is 0 Å². The van der Waals surface area contributed by atoms with Gasteiger partial charge in [0.15, 0.2) is 5.82 Å². The maximum Gasteiger partial charge on any atom is 0.230 e. The predicted molar refractivity (Wildman–Crippen MR) is 118 cm³/mol. The number of halogens is 1. The Hall–Kier alpha value is -2.38. The fraction of sp³-hybridized carbons (Fsp3) is 0.500. The second-order valence-corrected chi connectivity index (χ2v) is 8.31. The van der Waals surface area contributed by atoms with Crippen molar-refractivity contribution in [2.24, 2.45) is 0 Å². The maximum absolute atomic E-state index is 13.1. The number of amides is 1. The normalized spacial score (nSPS) is 18.2. The van der Waals surface area contributed by atoms with Crippen LogP contribution in [0.15, 0.2) is 36.5 Å². The molecule has 2 N–H and O–H groups in total. The van der Waals surface area contributed by atoms with Gasteiger partial charge >= 0.3 is 0 Å². The minimum absolute atomic E-state index is 0.0947. The number of hydrogen-bond donors (Lipinski definition) is 2. The Morgan fingerprint density at radius 1 is 1.13 bits per heavy atom. The van der Waals surface area contributed by atoms with Crippen molar-refractivity contribution in [1.82, 2.24) is 15.5 Å². The standard InChI is InChI=1S/C22H28ClN5O2/c23-18-5-3-17(4-6-18)22(7-1-2-8-22)21(29)25-10-9-24-20-15-19(16-26-27-20)28-11-13-30-14-12-28/h3-6,15-16H,1-2,7-14H2,(H,24,27)(H,25,29). The zero-order chi connectivity index (χ0) is 20.8. The second-order valence-electron chi connectivity index (χ2n) is 7.88. The second kappa shape index (κ2) is 9.62. The van der Waals surface area contributed by atoms with Crippen molar-refractivity contribution >= 4 is 29.0 Å². The molecule has 0 atom stereocenters. The third-order valence-corrected chi connectivity index (χ3v) is 6.27. The van der Waals surface area contributed by atoms with Crippen LogP contribution in [0.1, 0.15) is 31.2 Å². The van der Waals surface area contributed by atoms with Gasteiger partial charge in [0.2, 0.25) is 5.91 Å². The summed E-state index contributed by atoms with van der Waals surface area (Å²) >= 11 is 6.04. The molecule has 0 radical (unpaired) electrons. The quantitative estimate of drug-likeness (QED) is 0.658. The number of morpholine rings is 1. The number of anilines is 2. The van der Waals surface area contributed by atoms with Gasteiger partial charge in [0.05, 0.1) is 30.5 Å². The molecular weight excluding hydrogens is 402 g/mol. The highest BCUT2D eigenvalue weighted by Crippen LogP contribution is 2.41. The molecule has 2 heterocycles. The molecule has 30 heavy (non-hydrogen) atoms. The van der Waals surface area contributed by atoms with Crippen LogP contribution in [0.2, 0.25) is 5.02 Å². The van der Waals surface area contributed by atoms with E-state index in [-0.39, 0.29) is 5.91 Å². The van der Waals surface area contributed by atoms with E-state index < -0.39 is 5.41 Å². The molecule has 0 bridgehead atoms. The summed E-state index contributed by atoms with van der Waals surface area (Å²) in [5.41, 5.74) is 1.65. The molecule has 1 aliphatic carbocycles. The minimum atomic E-state index is -0.444. The van der Waals surface area contributed by atoms with E-state index in [4.69, 9.17) is 16.3 Å². The first-order chi connectivity index (χ1) is 14.7. The molecule has 160 valence electrons. The molecule has 1 aromatic heterocycles. The van der Waals surface area contributed by atoms with Gasteiger partial charge in [-0.05, 0) is 30.5 Å². The number of nitrogens with one attached hydrogen (secondary N) is 2. The molecule has 4 rings (SSSR count). The van der Waals surface area contributed by atoms with E-state index in [1.807, 2.05) is 30.3 Å². The lowest BCUT2D eigenvalue weighted by Gasteiger charge is -2.29. The number of rotatable bonds is 7. The predicted octanol–water partition coefficient (Wildman–Crippen LogP) is 3.01. The molecule has 0 unspecified atom stereocenters. The van der Waals surface area contributed by atoms with Crippen molar-refractivity contribution in [2.45, 2.75) is 31.1 Å². The van der Waals surface area contributed by atoms with E-state index in [9.17, 15) is 4.79 Å². The maximum atomic E-state index is 13.1. The van der Waals surface area contributed by atoms with Crippen LogP contribution in [0.4, 0.5) is 11.5 Å². The van der Waals surface area contributed by atoms with Gasteiger partial charge in [-0.3, -0.25) is 4.79 Å². The van der Waals surface area contributed by atoms with Gasteiger partial charge < -0.3 is 20.3 Å². The van der Waals surface area contributed by atoms with Gasteiger partial charge in [-0.1, -0.05) is 36.6 Å². The summed E-state index contributed by atoms with van der Waals surface area (Å²) in [5.74, 6) is 0.804. The Morgan fingerprint density at radius 3 is 2.60 bits per heavy atom. The first-order valence-corrected chi connectivity index (χ1v) is 11.0. The first kappa shape index (κ1) is 20.9. The van der Waals surface area contributed by atoms with E-state index in [2.05, 4.69) is 25.7 Å². The highest BCUT2D eigenvalue weighted by atomic mass is 35.5. The largest absolute Gasteiger partial charge is 0.378 e. The van der Waals surface area contributed by atoms with Gasteiger partial charge in [-0.15, -0.1) is 5.10 Å². The molecule has 1 amide bonds. The Morgan fingerprint density at radius 2 is 1.87 bits per heavy atom. The minimum Gasteiger partial charge on any atom is -0.378 e. The number of benzene rings is 1. The number of hydrogen-bond acceptors (Lipinski definition) is 6. The third-order valence-electron chi connectivity index (χ3n) is 6.02. The van der Waals surface area contributed by atoms with Crippen LogP contribution in [0.25, 0.3) is 0 Å². The van der Waals surface area contributed by atoms with Crippen molar-refractivity contribution in [3.8, 4) is 0 Å². The Kier molecular flexibility index (Phi) is 6.69. The summed E-state index contributed by atoms with van der Waals surface area (Å²) in [4.78, 5) is 15.3. The summed E-state index contributed by atoms with van der Waals surface area (Å²) < 4.78 is 5.40. The van der Waals surface area contributed by atoms with Gasteiger partial charge in [0.1, 0.15) is 0 Å². The van der Waals surface area contributed by atoms with E-state index >= 15 is 0 Å². The Labute approximate surface area is 182 Å². The molecule has 1 saturated carbocycles. The van der Waals surface area contributed by atoms with Crippen LogP contribution in [0.3, 0.4) is 0 Å². The average molecular weight is 430 g/mol. The van der Waals surface area contributed by atoms with Crippen molar-refractivity contribution in [3.05, 3.63) is 47.1 Å². The molecule has 2 fully saturated rings. The molecule has 2 aliphatic rings. The van der Waals surface area contributed by atoms with Gasteiger partial charge in [0, 0.05) is 37.3 Å². The lowest BCUT2D eigenvalue weighted by molar-refractivity contribution is -0.126. The van der Waals surface area contributed by atoms with Crippen LogP contribution in [-0.2, 0) is 14.9 Å². The number of ether oxygens (including phenoxy) is 1. The number of aromatic nitrogens is 2. The van der Waals surface area contributed by atoms with Crippen LogP contribution in [0, 0.1) is 0 Å². The van der Waals surface area contributed by atoms with Crippen LogP contribution in [0.5, 0.6) is 0 Å². The zero-order valence-corrected chi connectivity index (χ0v) is 17.8. The van der Waals surface area contributed by atoms with Crippen molar-refractivity contribution in [1.29, 1.82) is 0 Å². The summed E-state index contributed by atoms with van der Waals surface area (Å²) in [6.45, 7) is 4.28. The summed E-state index contributed by atoms with van der Waals surface area (Å²) in [6, 6.07) is 9.69. The number of nitrogens with zero attached hydrogens (tertiary/aromatic N) is 3. The van der Waals surface area contributed by atoms with Crippen molar-refractivity contribution in [3.63, 3.8) is 0 Å². The van der Waals surface area contributed by atoms with Crippen LogP contribution < -0.4 is 15.5 Å². The fourth-order valence-electron chi connectivity index (χ4n) is 4.37. The van der Waals surface area contributed by atoms with Gasteiger partial charge in [-0.25, -0.2) is 0 Å². The number of carbonyl (C=O) groups excluding carboxylic acids is 1. The molecule has 2 aromatic rings. The summed E-state index contributed by atoms with van der Waals surface area (Å²) in [7, 11) is 0. The smallest absolute Gasteiger partial charge is 0.230 e. The third kappa shape index (κ3) is 4.68. The highest BCUT2D eigenvalue weighted by molar-refractivity contribution is 6.30. The van der Waals surface area contributed by atoms with E-state index in [1.54, 1.807) is 6.20 Å². The van der Waals surface area contributed by atoms with Crippen molar-refractivity contribution in [2.75, 3.05) is 49.6 Å². The van der Waals surface area contributed by atoms with Crippen LogP contribution in [-0.4, -0.2) is 55.5 Å². The van der Waals surface area contributed by atoms with E-state index in [0.29, 0.717) is 23.9 Å². The lowest BCUT2D eigenvalue weighted by atomic mass is 9.78. The molecule has 1 saturated heterocycles. The SMILES string of the molecule is O=C(NCCNc1cc(N2CCOCC2)cnn1)C1(c2ccc(Cl)cc2)CCCC1. The van der Waals surface area contributed by atoms with E-state index in [0.717, 1.165) is 63.2 Å². The topological polar surface area (TPSA) is 79.4 Å². The van der Waals surface area contributed by atoms with Crippen molar-refractivity contribution < 1.29 is 9.53 Å². The molecule has 8 heteroatoms. The first-order valence-electron chi connectivity index (χ1n) is 10.6. The summed E-state index contributed by atoms with van der Waals surface area (Å²) in [5, 5.41) is 15.3. The molecule has 7 nitrogen and oxygen atoms in total. The zero-order valence-electron chi connectivity index (χ0n) is 17.1. The van der Waals surface area contributed by atoms with Gasteiger partial charge in [0.25, 0.3) is 0 Å². The average Bonchev–Trinajstić information content (AvgIpc) is 3.29. The van der Waals surface area contributed by atoms with Gasteiger partial charge in [-0.2, -0.15) is 5.10 Å². The lowest BCUT2D eigenvalue weighted by Crippen LogP contribution is -2.44. The van der Waals surface area contributed by atoms with Crippen LogP contribution >= 0.6 is 11.6 Å². The molecular formula is C22H28ClN5O2. The summed E-state index contributed by atoms with van der Waals surface area (Å²) in [6.07, 6.45) is 5.66. The monoisotopic (exact) mass is 429 g/mol. The fourth-order valence-corrected chi connectivity index (χ4v) is 4.49. The molecule has 1 aliphatic heterocycles. The Bertz CT molecular complexity index is 849. The Balaban J connectivity index is 1.31.